The number of halogens is 6. The third kappa shape index (κ3) is 17.8. The molecule has 0 bridgehead atoms. The van der Waals surface area contributed by atoms with Crippen LogP contribution in [0.15, 0.2) is 0 Å². The fourth-order valence-electron chi connectivity index (χ4n) is 1.44. The Labute approximate surface area is 157 Å². The van der Waals surface area contributed by atoms with E-state index in [2.05, 4.69) is 0 Å². The van der Waals surface area contributed by atoms with Gasteiger partial charge in [0.05, 0.1) is 5.25 Å². The van der Waals surface area contributed by atoms with Gasteiger partial charge in [-0.3, -0.25) is 4.55 Å². The summed E-state index contributed by atoms with van der Waals surface area (Å²) in [5.41, 5.74) is 5.09. The van der Waals surface area contributed by atoms with Crippen molar-refractivity contribution in [1.29, 1.82) is 0 Å². The molecule has 0 amide bonds. The van der Waals surface area contributed by atoms with Gasteiger partial charge in [0.15, 0.2) is 0 Å². The first-order valence-corrected chi connectivity index (χ1v) is 8.76. The summed E-state index contributed by atoms with van der Waals surface area (Å²) in [7, 11) is -3.97. The highest BCUT2D eigenvalue weighted by Gasteiger charge is 2.39. The SMILES string of the molecule is CC(N)CCC(C(C)(C)C)S(=O)(=O)O.O=C(O)C(F)(F)F.O=C(O)C(F)(F)F. The van der Waals surface area contributed by atoms with Crippen LogP contribution in [0, 0.1) is 5.41 Å². The van der Waals surface area contributed by atoms with Crippen LogP contribution in [0.2, 0.25) is 0 Å². The van der Waals surface area contributed by atoms with Gasteiger partial charge in [0.2, 0.25) is 0 Å². The molecule has 0 aromatic carbocycles. The summed E-state index contributed by atoms with van der Waals surface area (Å²) in [4.78, 5) is 17.8. The smallest absolute Gasteiger partial charge is 0.475 e. The molecule has 0 aromatic rings. The second-order valence-electron chi connectivity index (χ2n) is 6.53. The predicted octanol–water partition coefficient (Wildman–Crippen LogP) is 2.68. The second-order valence-corrected chi connectivity index (χ2v) is 8.13. The molecule has 0 fully saturated rings. The van der Waals surface area contributed by atoms with E-state index < -0.39 is 45.1 Å². The van der Waals surface area contributed by atoms with Crippen molar-refractivity contribution in [1.82, 2.24) is 0 Å². The fraction of sp³-hybridized carbons (Fsp3) is 0.846. The van der Waals surface area contributed by atoms with Crippen molar-refractivity contribution < 1.29 is 59.1 Å². The van der Waals surface area contributed by atoms with Gasteiger partial charge < -0.3 is 15.9 Å². The fourth-order valence-corrected chi connectivity index (χ4v) is 2.77. The molecule has 15 heteroatoms. The van der Waals surface area contributed by atoms with Crippen molar-refractivity contribution in [3.05, 3.63) is 0 Å². The zero-order valence-corrected chi connectivity index (χ0v) is 16.1. The summed E-state index contributed by atoms with van der Waals surface area (Å²) in [6, 6.07) is -0.0402. The van der Waals surface area contributed by atoms with Gasteiger partial charge in [0.1, 0.15) is 0 Å². The Balaban J connectivity index is -0.000000375. The van der Waals surface area contributed by atoms with E-state index in [1.807, 2.05) is 6.92 Å². The van der Waals surface area contributed by atoms with Crippen LogP contribution in [0.5, 0.6) is 0 Å². The van der Waals surface area contributed by atoms with Gasteiger partial charge in [-0.2, -0.15) is 34.8 Å². The zero-order chi connectivity index (χ0) is 23.7. The van der Waals surface area contributed by atoms with Crippen molar-refractivity contribution >= 4 is 22.1 Å². The molecule has 8 nitrogen and oxygen atoms in total. The van der Waals surface area contributed by atoms with Crippen LogP contribution in [0.3, 0.4) is 0 Å². The minimum Gasteiger partial charge on any atom is -0.475 e. The topological polar surface area (TPSA) is 155 Å². The molecule has 0 heterocycles. The Hall–Kier alpha value is -1.61. The lowest BCUT2D eigenvalue weighted by Crippen LogP contribution is -2.35. The third-order valence-electron chi connectivity index (χ3n) is 2.69. The van der Waals surface area contributed by atoms with Crippen molar-refractivity contribution in [2.75, 3.05) is 0 Å². The van der Waals surface area contributed by atoms with Crippen molar-refractivity contribution in [2.45, 2.75) is 64.2 Å². The van der Waals surface area contributed by atoms with Gasteiger partial charge in [-0.05, 0) is 25.2 Å². The first-order valence-electron chi connectivity index (χ1n) is 7.26. The largest absolute Gasteiger partial charge is 0.490 e. The summed E-state index contributed by atoms with van der Waals surface area (Å²) in [6.45, 7) is 7.22. The molecular formula is C13H23F6NO7S. The summed E-state index contributed by atoms with van der Waals surface area (Å²) < 4.78 is 94.7. The van der Waals surface area contributed by atoms with E-state index in [4.69, 9.17) is 30.1 Å². The Morgan fingerprint density at radius 3 is 1.25 bits per heavy atom. The van der Waals surface area contributed by atoms with Crippen LogP contribution >= 0.6 is 0 Å². The van der Waals surface area contributed by atoms with E-state index in [9.17, 15) is 34.8 Å². The maximum atomic E-state index is 11.1. The predicted molar refractivity (Wildman–Crippen MR) is 85.1 cm³/mol. The molecule has 5 N–H and O–H groups in total. The molecule has 0 aliphatic carbocycles. The molecule has 2 unspecified atom stereocenters. The average Bonchev–Trinajstić information content (AvgIpc) is 2.33. The molecule has 0 aromatic heterocycles. The Morgan fingerprint density at radius 1 is 0.893 bits per heavy atom. The maximum Gasteiger partial charge on any atom is 0.490 e. The molecule has 2 atom stereocenters. The molecule has 0 saturated carbocycles. The van der Waals surface area contributed by atoms with Crippen LogP contribution in [0.25, 0.3) is 0 Å². The van der Waals surface area contributed by atoms with Gasteiger partial charge in [0, 0.05) is 6.04 Å². The molecule has 170 valence electrons. The number of rotatable bonds is 4. The molecular weight excluding hydrogens is 428 g/mol. The minimum absolute atomic E-state index is 0.0402. The van der Waals surface area contributed by atoms with Crippen molar-refractivity contribution in [3.8, 4) is 0 Å². The highest BCUT2D eigenvalue weighted by Crippen LogP contribution is 2.28. The highest BCUT2D eigenvalue weighted by molar-refractivity contribution is 7.86. The second kappa shape index (κ2) is 11.4. The van der Waals surface area contributed by atoms with Gasteiger partial charge in [-0.15, -0.1) is 0 Å². The number of carboxylic acids is 2. The molecule has 0 rings (SSSR count). The summed E-state index contributed by atoms with van der Waals surface area (Å²) in [5, 5.41) is 13.5. The van der Waals surface area contributed by atoms with Crippen LogP contribution < -0.4 is 5.73 Å². The lowest BCUT2D eigenvalue weighted by molar-refractivity contribution is -0.193. The summed E-state index contributed by atoms with van der Waals surface area (Å²) in [5.74, 6) is -5.51. The first kappa shape index (κ1) is 31.1. The van der Waals surface area contributed by atoms with Crippen molar-refractivity contribution in [2.24, 2.45) is 11.1 Å². The van der Waals surface area contributed by atoms with E-state index in [1.165, 1.54) is 0 Å². The summed E-state index contributed by atoms with van der Waals surface area (Å²) >= 11 is 0. The van der Waals surface area contributed by atoms with Gasteiger partial charge in [0.25, 0.3) is 10.1 Å². The standard InChI is InChI=1S/C9H21NO3S.2C2HF3O2/c1-7(10)5-6-8(9(2,3)4)14(11,12)13;2*3-2(4,5)1(6)7/h7-8H,5-6,10H2,1-4H3,(H,11,12,13);2*(H,6,7). The van der Waals surface area contributed by atoms with Crippen LogP contribution in [-0.4, -0.2) is 58.8 Å². The van der Waals surface area contributed by atoms with Crippen LogP contribution in [-0.2, 0) is 19.7 Å². The Kier molecular flexibility index (Phi) is 12.7. The first-order chi connectivity index (χ1) is 11.9. The van der Waals surface area contributed by atoms with E-state index >= 15 is 0 Å². The number of aliphatic carboxylic acids is 2. The quantitative estimate of drug-likeness (QED) is 0.376. The van der Waals surface area contributed by atoms with Gasteiger partial charge in [-0.1, -0.05) is 20.8 Å². The lowest BCUT2D eigenvalue weighted by Gasteiger charge is -2.28. The Morgan fingerprint density at radius 2 is 1.14 bits per heavy atom. The molecule has 0 aliphatic heterocycles. The van der Waals surface area contributed by atoms with E-state index in [0.29, 0.717) is 12.8 Å². The highest BCUT2D eigenvalue weighted by atomic mass is 32.2. The number of carboxylic acid groups (broad SMARTS) is 2. The zero-order valence-electron chi connectivity index (χ0n) is 15.3. The van der Waals surface area contributed by atoms with Gasteiger partial charge in [-0.25, -0.2) is 9.59 Å². The van der Waals surface area contributed by atoms with Crippen molar-refractivity contribution in [3.63, 3.8) is 0 Å². The monoisotopic (exact) mass is 451 g/mol. The number of hydrogen-bond donors (Lipinski definition) is 4. The Bertz CT molecular complexity index is 570. The normalized spacial score (nSPS) is 14.6. The molecule has 0 spiro atoms. The number of nitrogens with two attached hydrogens (primary N) is 1. The van der Waals surface area contributed by atoms with Crippen LogP contribution in [0.4, 0.5) is 26.3 Å². The number of hydrogen-bond acceptors (Lipinski definition) is 5. The number of alkyl halides is 6. The maximum absolute atomic E-state index is 11.1. The van der Waals surface area contributed by atoms with Gasteiger partial charge >= 0.3 is 24.3 Å². The van der Waals surface area contributed by atoms with E-state index in [0.717, 1.165) is 0 Å². The lowest BCUT2D eigenvalue weighted by atomic mass is 9.88. The number of carbonyl (C=O) groups is 2. The molecule has 0 aliphatic rings. The summed E-state index contributed by atoms with van der Waals surface area (Å²) in [6.07, 6.45) is -9.16. The van der Waals surface area contributed by atoms with E-state index in [1.54, 1.807) is 20.8 Å². The molecule has 0 radical (unpaired) electrons. The molecule has 28 heavy (non-hydrogen) atoms. The van der Waals surface area contributed by atoms with Crippen LogP contribution in [0.1, 0.15) is 40.5 Å². The third-order valence-corrected chi connectivity index (χ3v) is 4.36. The minimum atomic E-state index is -5.08. The van der Waals surface area contributed by atoms with E-state index in [-0.39, 0.29) is 6.04 Å². The molecule has 0 saturated heterocycles. The average molecular weight is 451 g/mol.